The molecule has 0 saturated carbocycles. The molecule has 74 valence electrons. The Bertz CT molecular complexity index is 287. The van der Waals surface area contributed by atoms with Crippen molar-refractivity contribution in [1.82, 2.24) is 0 Å². The van der Waals surface area contributed by atoms with Crippen LogP contribution in [0.3, 0.4) is 0 Å². The van der Waals surface area contributed by atoms with Crippen molar-refractivity contribution in [2.24, 2.45) is 0 Å². The number of allylic oxidation sites excluding steroid dienone is 1. The SMILES string of the molecule is C=CCOC(=C)CCc1ccccc1. The van der Waals surface area contributed by atoms with Gasteiger partial charge >= 0.3 is 0 Å². The molecule has 1 aromatic rings. The Hall–Kier alpha value is -1.50. The first-order chi connectivity index (χ1) is 6.83. The number of hydrogen-bond donors (Lipinski definition) is 0. The predicted octanol–water partition coefficient (Wildman–Crippen LogP) is 3.34. The zero-order valence-electron chi connectivity index (χ0n) is 8.41. The van der Waals surface area contributed by atoms with Crippen LogP contribution in [0, 0.1) is 0 Å². The molecule has 1 nitrogen and oxygen atoms in total. The molecule has 0 atom stereocenters. The van der Waals surface area contributed by atoms with Crippen molar-refractivity contribution in [3.63, 3.8) is 0 Å². The minimum atomic E-state index is 0.549. The molecule has 0 aliphatic heterocycles. The van der Waals surface area contributed by atoms with Crippen molar-refractivity contribution in [3.8, 4) is 0 Å². The molecule has 0 saturated heterocycles. The molecule has 0 N–H and O–H groups in total. The van der Waals surface area contributed by atoms with Gasteiger partial charge in [-0.25, -0.2) is 0 Å². The third-order valence-corrected chi connectivity index (χ3v) is 1.94. The molecule has 0 radical (unpaired) electrons. The number of ether oxygens (including phenoxy) is 1. The van der Waals surface area contributed by atoms with Crippen molar-refractivity contribution in [1.29, 1.82) is 0 Å². The van der Waals surface area contributed by atoms with E-state index < -0.39 is 0 Å². The number of rotatable bonds is 6. The lowest BCUT2D eigenvalue weighted by atomic mass is 10.1. The molecule has 1 heteroatoms. The Morgan fingerprint density at radius 2 is 2.00 bits per heavy atom. The second kappa shape index (κ2) is 6.03. The van der Waals surface area contributed by atoms with Crippen LogP contribution < -0.4 is 0 Å². The summed E-state index contributed by atoms with van der Waals surface area (Å²) in [7, 11) is 0. The molecule has 0 amide bonds. The fraction of sp³-hybridized carbons (Fsp3) is 0.231. The van der Waals surface area contributed by atoms with Gasteiger partial charge in [0.2, 0.25) is 0 Å². The van der Waals surface area contributed by atoms with Crippen LogP contribution in [0.15, 0.2) is 55.3 Å². The van der Waals surface area contributed by atoms with E-state index in [0.717, 1.165) is 18.6 Å². The summed E-state index contributed by atoms with van der Waals surface area (Å²) in [6.45, 7) is 7.97. The van der Waals surface area contributed by atoms with Gasteiger partial charge in [-0.3, -0.25) is 0 Å². The van der Waals surface area contributed by atoms with E-state index in [9.17, 15) is 0 Å². The molecular weight excluding hydrogens is 172 g/mol. The van der Waals surface area contributed by atoms with Gasteiger partial charge in [0.15, 0.2) is 0 Å². The molecule has 14 heavy (non-hydrogen) atoms. The Morgan fingerprint density at radius 3 is 2.64 bits per heavy atom. The molecule has 0 spiro atoms. The maximum Gasteiger partial charge on any atom is 0.106 e. The lowest BCUT2D eigenvalue weighted by Crippen LogP contribution is -1.93. The molecule has 0 fully saturated rings. The Balaban J connectivity index is 2.27. The quantitative estimate of drug-likeness (QED) is 0.491. The summed E-state index contributed by atoms with van der Waals surface area (Å²) in [4.78, 5) is 0. The minimum absolute atomic E-state index is 0.549. The summed E-state index contributed by atoms with van der Waals surface area (Å²) < 4.78 is 5.30. The van der Waals surface area contributed by atoms with E-state index in [1.54, 1.807) is 6.08 Å². The second-order valence-corrected chi connectivity index (χ2v) is 3.12. The number of benzene rings is 1. The van der Waals surface area contributed by atoms with Crippen LogP contribution in [-0.2, 0) is 11.2 Å². The normalized spacial score (nSPS) is 9.43. The number of aryl methyl sites for hydroxylation is 1. The van der Waals surface area contributed by atoms with E-state index in [2.05, 4.69) is 25.3 Å². The summed E-state index contributed by atoms with van der Waals surface area (Å²) in [5.41, 5.74) is 1.32. The van der Waals surface area contributed by atoms with E-state index >= 15 is 0 Å². The average Bonchev–Trinajstić information content (AvgIpc) is 2.25. The van der Waals surface area contributed by atoms with E-state index in [4.69, 9.17) is 4.74 Å². The van der Waals surface area contributed by atoms with E-state index in [-0.39, 0.29) is 0 Å². The first-order valence-electron chi connectivity index (χ1n) is 4.78. The maximum absolute atomic E-state index is 5.30. The van der Waals surface area contributed by atoms with Crippen molar-refractivity contribution in [2.45, 2.75) is 12.8 Å². The summed E-state index contributed by atoms with van der Waals surface area (Å²) in [5, 5.41) is 0. The molecule has 0 aliphatic rings. The van der Waals surface area contributed by atoms with Gasteiger partial charge in [0.05, 0.1) is 5.76 Å². The van der Waals surface area contributed by atoms with Gasteiger partial charge < -0.3 is 4.74 Å². The highest BCUT2D eigenvalue weighted by atomic mass is 16.5. The van der Waals surface area contributed by atoms with Gasteiger partial charge in [-0.2, -0.15) is 0 Å². The Labute approximate surface area is 85.7 Å². The fourth-order valence-corrected chi connectivity index (χ4v) is 1.18. The van der Waals surface area contributed by atoms with Crippen molar-refractivity contribution >= 4 is 0 Å². The third-order valence-electron chi connectivity index (χ3n) is 1.94. The molecule has 0 aromatic heterocycles. The molecule has 1 rings (SSSR count). The van der Waals surface area contributed by atoms with Gasteiger partial charge in [0.25, 0.3) is 0 Å². The van der Waals surface area contributed by atoms with Crippen LogP contribution in [0.25, 0.3) is 0 Å². The van der Waals surface area contributed by atoms with Crippen LogP contribution in [0.4, 0.5) is 0 Å². The highest BCUT2D eigenvalue weighted by molar-refractivity contribution is 5.15. The molecular formula is C13H16O. The van der Waals surface area contributed by atoms with Crippen molar-refractivity contribution in [2.75, 3.05) is 6.61 Å². The Kier molecular flexibility index (Phi) is 4.56. The van der Waals surface area contributed by atoms with Gasteiger partial charge in [0, 0.05) is 6.42 Å². The molecule has 0 unspecified atom stereocenters. The highest BCUT2D eigenvalue weighted by Gasteiger charge is 1.95. The van der Waals surface area contributed by atoms with E-state index in [0.29, 0.717) is 6.61 Å². The van der Waals surface area contributed by atoms with Crippen LogP contribution in [0.1, 0.15) is 12.0 Å². The fourth-order valence-electron chi connectivity index (χ4n) is 1.18. The van der Waals surface area contributed by atoms with Crippen LogP contribution in [0.5, 0.6) is 0 Å². The van der Waals surface area contributed by atoms with E-state index in [1.807, 2.05) is 18.2 Å². The van der Waals surface area contributed by atoms with Gasteiger partial charge in [-0.15, -0.1) is 0 Å². The largest absolute Gasteiger partial charge is 0.495 e. The van der Waals surface area contributed by atoms with Gasteiger partial charge in [-0.1, -0.05) is 49.6 Å². The van der Waals surface area contributed by atoms with Crippen LogP contribution in [-0.4, -0.2) is 6.61 Å². The lowest BCUT2D eigenvalue weighted by Gasteiger charge is -2.06. The molecule has 0 heterocycles. The Morgan fingerprint density at radius 1 is 1.29 bits per heavy atom. The summed E-state index contributed by atoms with van der Waals surface area (Å²) in [5.74, 6) is 0.828. The highest BCUT2D eigenvalue weighted by Crippen LogP contribution is 2.08. The first kappa shape index (κ1) is 10.6. The van der Waals surface area contributed by atoms with Crippen molar-refractivity contribution in [3.05, 3.63) is 60.9 Å². The zero-order valence-corrected chi connectivity index (χ0v) is 8.41. The number of hydrogen-bond acceptors (Lipinski definition) is 1. The third kappa shape index (κ3) is 3.94. The first-order valence-corrected chi connectivity index (χ1v) is 4.78. The predicted molar refractivity (Wildman–Crippen MR) is 60.1 cm³/mol. The molecule has 0 aliphatic carbocycles. The minimum Gasteiger partial charge on any atom is -0.495 e. The topological polar surface area (TPSA) is 9.23 Å². The van der Waals surface area contributed by atoms with Gasteiger partial charge in [-0.05, 0) is 12.0 Å². The molecule has 0 bridgehead atoms. The average molecular weight is 188 g/mol. The van der Waals surface area contributed by atoms with Crippen LogP contribution >= 0.6 is 0 Å². The van der Waals surface area contributed by atoms with Crippen LogP contribution in [0.2, 0.25) is 0 Å². The second-order valence-electron chi connectivity index (χ2n) is 3.12. The lowest BCUT2D eigenvalue weighted by molar-refractivity contribution is 0.238. The standard InChI is InChI=1S/C13H16O/c1-3-11-14-12(2)9-10-13-7-5-4-6-8-13/h3-8H,1-2,9-11H2. The molecule has 1 aromatic carbocycles. The zero-order chi connectivity index (χ0) is 10.2. The summed E-state index contributed by atoms with van der Waals surface area (Å²) >= 11 is 0. The van der Waals surface area contributed by atoms with Crippen molar-refractivity contribution < 1.29 is 4.74 Å². The smallest absolute Gasteiger partial charge is 0.106 e. The monoisotopic (exact) mass is 188 g/mol. The summed E-state index contributed by atoms with van der Waals surface area (Å²) in [6.07, 6.45) is 3.59. The van der Waals surface area contributed by atoms with Gasteiger partial charge in [0.1, 0.15) is 6.61 Å². The maximum atomic E-state index is 5.30. The van der Waals surface area contributed by atoms with E-state index in [1.165, 1.54) is 5.56 Å². The summed E-state index contributed by atoms with van der Waals surface area (Å²) in [6, 6.07) is 10.3.